The molecule has 0 bridgehead atoms. The first-order valence-corrected chi connectivity index (χ1v) is 11.6. The van der Waals surface area contributed by atoms with Crippen LogP contribution in [0.2, 0.25) is 0 Å². The highest BCUT2D eigenvalue weighted by Crippen LogP contribution is 2.27. The van der Waals surface area contributed by atoms with Gasteiger partial charge in [0.05, 0.1) is 18.8 Å². The molecule has 7 nitrogen and oxygen atoms in total. The molecular weight excluding hydrogens is 426 g/mol. The zero-order valence-corrected chi connectivity index (χ0v) is 19.3. The monoisotopic (exact) mass is 453 g/mol. The fourth-order valence-electron chi connectivity index (χ4n) is 3.22. The molecule has 0 fully saturated rings. The minimum absolute atomic E-state index is 0.100. The standard InChI is InChI=1S/C24H27N3O4S/c1-24(2,3)27-32(29,30)21-16-18(13-14-20(21)31-4)23(28)26-22(17-10-6-5-7-11-17)19-12-8-9-15-25-19/h5-16,22,27H,1-4H3,(H,26,28). The smallest absolute Gasteiger partial charge is 0.252 e. The van der Waals surface area contributed by atoms with Gasteiger partial charge in [0.15, 0.2) is 0 Å². The van der Waals surface area contributed by atoms with E-state index in [4.69, 9.17) is 4.74 Å². The zero-order chi connectivity index (χ0) is 23.4. The van der Waals surface area contributed by atoms with Gasteiger partial charge >= 0.3 is 0 Å². The Morgan fingerprint density at radius 3 is 2.28 bits per heavy atom. The zero-order valence-electron chi connectivity index (χ0n) is 18.5. The van der Waals surface area contributed by atoms with E-state index in [1.54, 1.807) is 33.0 Å². The van der Waals surface area contributed by atoms with Crippen LogP contribution in [0.25, 0.3) is 0 Å². The van der Waals surface area contributed by atoms with Gasteiger partial charge in [-0.3, -0.25) is 9.78 Å². The van der Waals surface area contributed by atoms with Crippen molar-refractivity contribution in [3.05, 3.63) is 89.7 Å². The Bertz CT molecular complexity index is 1140. The van der Waals surface area contributed by atoms with Gasteiger partial charge in [-0.15, -0.1) is 0 Å². The number of carbonyl (C=O) groups excluding carboxylic acids is 1. The minimum Gasteiger partial charge on any atom is -0.495 e. The average molecular weight is 454 g/mol. The number of carbonyl (C=O) groups is 1. The van der Waals surface area contributed by atoms with Gasteiger partial charge < -0.3 is 10.1 Å². The van der Waals surface area contributed by atoms with E-state index in [0.717, 1.165) is 5.56 Å². The Hall–Kier alpha value is -3.23. The number of nitrogens with one attached hydrogen (secondary N) is 2. The van der Waals surface area contributed by atoms with Gasteiger partial charge in [-0.05, 0) is 56.7 Å². The molecule has 2 aromatic carbocycles. The molecule has 0 spiro atoms. The molecule has 0 aliphatic rings. The van der Waals surface area contributed by atoms with Gasteiger partial charge in [0.25, 0.3) is 5.91 Å². The van der Waals surface area contributed by atoms with Crippen molar-refractivity contribution in [2.45, 2.75) is 37.2 Å². The summed E-state index contributed by atoms with van der Waals surface area (Å²) >= 11 is 0. The molecule has 1 amide bonds. The number of nitrogens with zero attached hydrogens (tertiary/aromatic N) is 1. The number of sulfonamides is 1. The van der Waals surface area contributed by atoms with Crippen LogP contribution in [0, 0.1) is 0 Å². The van der Waals surface area contributed by atoms with Crippen molar-refractivity contribution < 1.29 is 17.9 Å². The molecule has 1 atom stereocenters. The average Bonchev–Trinajstić information content (AvgIpc) is 2.76. The Morgan fingerprint density at radius 1 is 1.00 bits per heavy atom. The van der Waals surface area contributed by atoms with Crippen molar-refractivity contribution in [2.24, 2.45) is 0 Å². The molecule has 0 aliphatic heterocycles. The lowest BCUT2D eigenvalue weighted by molar-refractivity contribution is 0.0942. The van der Waals surface area contributed by atoms with Crippen LogP contribution in [0.1, 0.15) is 48.4 Å². The normalized spacial score (nSPS) is 12.8. The van der Waals surface area contributed by atoms with Crippen molar-refractivity contribution in [3.8, 4) is 5.75 Å². The van der Waals surface area contributed by atoms with Crippen LogP contribution in [0.4, 0.5) is 0 Å². The van der Waals surface area contributed by atoms with Crippen LogP contribution >= 0.6 is 0 Å². The van der Waals surface area contributed by atoms with Gasteiger partial charge in [0.2, 0.25) is 10.0 Å². The number of rotatable bonds is 7. The number of methoxy groups -OCH3 is 1. The maximum atomic E-state index is 13.2. The lowest BCUT2D eigenvalue weighted by Crippen LogP contribution is -2.40. The molecule has 0 saturated heterocycles. The minimum atomic E-state index is -3.92. The molecule has 2 N–H and O–H groups in total. The maximum absolute atomic E-state index is 13.2. The van der Waals surface area contributed by atoms with Gasteiger partial charge in [-0.1, -0.05) is 36.4 Å². The summed E-state index contributed by atoms with van der Waals surface area (Å²) in [4.78, 5) is 17.5. The Balaban J connectivity index is 1.98. The Labute approximate surface area is 188 Å². The molecule has 3 rings (SSSR count). The number of hydrogen-bond donors (Lipinski definition) is 2. The van der Waals surface area contributed by atoms with Crippen LogP contribution in [0.3, 0.4) is 0 Å². The second-order valence-electron chi connectivity index (χ2n) is 8.29. The number of ether oxygens (including phenoxy) is 1. The molecule has 168 valence electrons. The van der Waals surface area contributed by atoms with Crippen molar-refractivity contribution in [1.29, 1.82) is 0 Å². The summed E-state index contributed by atoms with van der Waals surface area (Å²) in [6.07, 6.45) is 1.66. The van der Waals surface area contributed by atoms with Crippen molar-refractivity contribution in [3.63, 3.8) is 0 Å². The topological polar surface area (TPSA) is 97.4 Å². The molecule has 0 radical (unpaired) electrons. The van der Waals surface area contributed by atoms with Crippen molar-refractivity contribution in [2.75, 3.05) is 7.11 Å². The van der Waals surface area contributed by atoms with Gasteiger partial charge in [0, 0.05) is 17.3 Å². The fourth-order valence-corrected chi connectivity index (χ4v) is 4.84. The summed E-state index contributed by atoms with van der Waals surface area (Å²) < 4.78 is 33.7. The molecule has 32 heavy (non-hydrogen) atoms. The van der Waals surface area contributed by atoms with Crippen LogP contribution in [-0.4, -0.2) is 32.0 Å². The van der Waals surface area contributed by atoms with Crippen molar-refractivity contribution >= 4 is 15.9 Å². The number of pyridine rings is 1. The highest BCUT2D eigenvalue weighted by molar-refractivity contribution is 7.89. The van der Waals surface area contributed by atoms with E-state index in [-0.39, 0.29) is 16.2 Å². The fraction of sp³-hybridized carbons (Fsp3) is 0.250. The summed E-state index contributed by atoms with van der Waals surface area (Å²) in [6, 6.07) is 18.8. The van der Waals surface area contributed by atoms with E-state index in [9.17, 15) is 13.2 Å². The number of benzene rings is 2. The number of amides is 1. The Morgan fingerprint density at radius 2 is 1.69 bits per heavy atom. The summed E-state index contributed by atoms with van der Waals surface area (Å²) in [5.74, 6) is -0.276. The lowest BCUT2D eigenvalue weighted by Gasteiger charge is -2.22. The summed E-state index contributed by atoms with van der Waals surface area (Å²) in [6.45, 7) is 5.22. The van der Waals surface area contributed by atoms with E-state index in [0.29, 0.717) is 5.69 Å². The number of hydrogen-bond acceptors (Lipinski definition) is 5. The highest BCUT2D eigenvalue weighted by Gasteiger charge is 2.27. The lowest BCUT2D eigenvalue weighted by atomic mass is 10.0. The summed E-state index contributed by atoms with van der Waals surface area (Å²) in [7, 11) is -2.53. The van der Waals surface area contributed by atoms with E-state index in [1.807, 2.05) is 42.5 Å². The van der Waals surface area contributed by atoms with Crippen molar-refractivity contribution in [1.82, 2.24) is 15.0 Å². The Kier molecular flexibility index (Phi) is 6.96. The second kappa shape index (κ2) is 9.50. The summed E-state index contributed by atoms with van der Waals surface area (Å²) in [5, 5.41) is 2.97. The maximum Gasteiger partial charge on any atom is 0.252 e. The molecule has 1 heterocycles. The van der Waals surface area contributed by atoms with E-state index in [1.165, 1.54) is 25.3 Å². The molecule has 1 aromatic heterocycles. The van der Waals surface area contributed by atoms with Crippen LogP contribution in [0.15, 0.2) is 77.8 Å². The van der Waals surface area contributed by atoms with E-state index >= 15 is 0 Å². The van der Waals surface area contributed by atoms with Gasteiger partial charge in [-0.25, -0.2) is 13.1 Å². The van der Waals surface area contributed by atoms with Crippen LogP contribution < -0.4 is 14.8 Å². The molecule has 0 aliphatic carbocycles. The van der Waals surface area contributed by atoms with Gasteiger partial charge in [-0.2, -0.15) is 0 Å². The first kappa shape index (κ1) is 23.4. The molecule has 0 saturated carbocycles. The molecule has 3 aromatic rings. The molecule has 1 unspecified atom stereocenters. The van der Waals surface area contributed by atoms with Crippen LogP contribution in [0.5, 0.6) is 5.75 Å². The largest absolute Gasteiger partial charge is 0.495 e. The first-order valence-electron chi connectivity index (χ1n) is 10.1. The van der Waals surface area contributed by atoms with Crippen LogP contribution in [-0.2, 0) is 10.0 Å². The second-order valence-corrected chi connectivity index (χ2v) is 9.94. The highest BCUT2D eigenvalue weighted by atomic mass is 32.2. The van der Waals surface area contributed by atoms with Gasteiger partial charge in [0.1, 0.15) is 10.6 Å². The SMILES string of the molecule is COc1ccc(C(=O)NC(c2ccccc2)c2ccccn2)cc1S(=O)(=O)NC(C)(C)C. The predicted molar refractivity (Wildman–Crippen MR) is 123 cm³/mol. The molecular formula is C24H27N3O4S. The third-order valence-electron chi connectivity index (χ3n) is 4.55. The summed E-state index contributed by atoms with van der Waals surface area (Å²) in [5.41, 5.74) is 1.02. The molecule has 8 heteroatoms. The van der Waals surface area contributed by atoms with E-state index < -0.39 is 27.5 Å². The third-order valence-corrected chi connectivity index (χ3v) is 6.33. The third kappa shape index (κ3) is 5.72. The first-order chi connectivity index (χ1) is 15.1. The number of aromatic nitrogens is 1. The predicted octanol–water partition coefficient (Wildman–Crippen LogP) is 3.69. The van der Waals surface area contributed by atoms with E-state index in [2.05, 4.69) is 15.0 Å². The quantitative estimate of drug-likeness (QED) is 0.569.